The molecule has 0 atom stereocenters. The summed E-state index contributed by atoms with van der Waals surface area (Å²) >= 11 is 5.39. The molecule has 1 aliphatic heterocycles. The minimum absolute atomic E-state index is 0.141. The first-order chi connectivity index (χ1) is 9.97. The van der Waals surface area contributed by atoms with E-state index in [0.29, 0.717) is 5.11 Å². The predicted octanol–water partition coefficient (Wildman–Crippen LogP) is 0.975. The molecule has 3 N–H and O–H groups in total. The Morgan fingerprint density at radius 2 is 2.05 bits per heavy atom. The maximum absolute atomic E-state index is 5.43. The van der Waals surface area contributed by atoms with Gasteiger partial charge in [-0.15, -0.1) is 0 Å². The molecule has 4 nitrogen and oxygen atoms in total. The molecule has 21 heavy (non-hydrogen) atoms. The fourth-order valence-electron chi connectivity index (χ4n) is 2.62. The van der Waals surface area contributed by atoms with Crippen molar-refractivity contribution in [3.8, 4) is 0 Å². The summed E-state index contributed by atoms with van der Waals surface area (Å²) in [5.41, 5.74) is 2.40. The van der Waals surface area contributed by atoms with Gasteiger partial charge in [-0.25, -0.2) is 0 Å². The maximum atomic E-state index is 5.43. The minimum Gasteiger partial charge on any atom is -0.370 e. The van der Waals surface area contributed by atoms with Crippen LogP contribution < -0.4 is 15.5 Å². The van der Waals surface area contributed by atoms with E-state index >= 15 is 0 Å². The summed E-state index contributed by atoms with van der Waals surface area (Å²) < 4.78 is 5.43. The van der Waals surface area contributed by atoms with Crippen LogP contribution >= 0.6 is 12.2 Å². The van der Waals surface area contributed by atoms with E-state index in [1.807, 2.05) is 12.1 Å². The number of morpholine rings is 1. The minimum atomic E-state index is 0.141. The van der Waals surface area contributed by atoms with Crippen molar-refractivity contribution in [2.24, 2.45) is 0 Å². The molecule has 0 radical (unpaired) electrons. The molecule has 1 aliphatic rings. The highest BCUT2D eigenvalue weighted by atomic mass is 32.1. The summed E-state index contributed by atoms with van der Waals surface area (Å²) in [5, 5.41) is 7.27. The highest BCUT2D eigenvalue weighted by Gasteiger charge is 2.32. The third kappa shape index (κ3) is 4.95. The summed E-state index contributed by atoms with van der Waals surface area (Å²) in [7, 11) is 0. The van der Waals surface area contributed by atoms with Crippen LogP contribution in [0.1, 0.15) is 19.4 Å². The number of thiocarbonyl (C=S) groups is 1. The van der Waals surface area contributed by atoms with Gasteiger partial charge >= 0.3 is 0 Å². The van der Waals surface area contributed by atoms with Crippen molar-refractivity contribution < 1.29 is 9.64 Å². The van der Waals surface area contributed by atoms with Crippen molar-refractivity contribution in [1.29, 1.82) is 0 Å². The highest BCUT2D eigenvalue weighted by Crippen LogP contribution is 2.09. The van der Waals surface area contributed by atoms with E-state index in [-0.39, 0.29) is 5.54 Å². The van der Waals surface area contributed by atoms with Crippen LogP contribution in [0.25, 0.3) is 0 Å². The second-order valence-corrected chi connectivity index (χ2v) is 6.69. The summed E-state index contributed by atoms with van der Waals surface area (Å²) in [6.07, 6.45) is 0. The number of quaternary nitrogens is 1. The first kappa shape index (κ1) is 16.2. The number of rotatable bonds is 4. The van der Waals surface area contributed by atoms with Gasteiger partial charge in [0.2, 0.25) is 0 Å². The molecule has 1 aromatic carbocycles. The molecule has 5 heteroatoms. The van der Waals surface area contributed by atoms with Crippen molar-refractivity contribution in [1.82, 2.24) is 5.32 Å². The van der Waals surface area contributed by atoms with Crippen LogP contribution in [0, 0.1) is 6.92 Å². The molecular weight excluding hydrogens is 282 g/mol. The average Bonchev–Trinajstić information content (AvgIpc) is 2.46. The van der Waals surface area contributed by atoms with Gasteiger partial charge in [-0.3, -0.25) is 0 Å². The number of hydrogen-bond donors (Lipinski definition) is 3. The van der Waals surface area contributed by atoms with Crippen molar-refractivity contribution in [3.05, 3.63) is 29.8 Å². The van der Waals surface area contributed by atoms with Crippen molar-refractivity contribution in [2.75, 3.05) is 38.2 Å². The quantitative estimate of drug-likeness (QED) is 0.725. The number of nitrogens with one attached hydrogen (secondary N) is 3. The van der Waals surface area contributed by atoms with Crippen LogP contribution in [0.15, 0.2) is 24.3 Å². The lowest BCUT2D eigenvalue weighted by Crippen LogP contribution is -3.22. The van der Waals surface area contributed by atoms with E-state index in [1.54, 1.807) is 4.90 Å². The highest BCUT2D eigenvalue weighted by molar-refractivity contribution is 7.80. The van der Waals surface area contributed by atoms with Crippen LogP contribution in [0.4, 0.5) is 5.69 Å². The van der Waals surface area contributed by atoms with Crippen molar-refractivity contribution in [3.63, 3.8) is 0 Å². The van der Waals surface area contributed by atoms with Gasteiger partial charge in [-0.05, 0) is 50.7 Å². The Kier molecular flexibility index (Phi) is 5.56. The molecule has 1 aromatic rings. The van der Waals surface area contributed by atoms with Gasteiger partial charge in [0.25, 0.3) is 0 Å². The Morgan fingerprint density at radius 3 is 2.71 bits per heavy atom. The predicted molar refractivity (Wildman–Crippen MR) is 91.0 cm³/mol. The number of aryl methyl sites for hydroxylation is 1. The van der Waals surface area contributed by atoms with Crippen LogP contribution in [0.3, 0.4) is 0 Å². The van der Waals surface area contributed by atoms with E-state index < -0.39 is 0 Å². The molecule has 0 bridgehead atoms. The Labute approximate surface area is 132 Å². The smallest absolute Gasteiger partial charge is 0.171 e. The Morgan fingerprint density at radius 1 is 1.33 bits per heavy atom. The fraction of sp³-hybridized carbons (Fsp3) is 0.562. The molecule has 2 rings (SSSR count). The van der Waals surface area contributed by atoms with Crippen molar-refractivity contribution >= 4 is 23.0 Å². The number of anilines is 1. The zero-order chi connectivity index (χ0) is 15.3. The third-order valence-corrected chi connectivity index (χ3v) is 4.27. The molecule has 0 aromatic heterocycles. The third-order valence-electron chi connectivity index (χ3n) is 4.02. The zero-order valence-corrected chi connectivity index (χ0v) is 14.0. The van der Waals surface area contributed by atoms with Crippen LogP contribution in [0.5, 0.6) is 0 Å². The lowest BCUT2D eigenvalue weighted by Gasteiger charge is -2.37. The van der Waals surface area contributed by atoms with E-state index in [9.17, 15) is 0 Å². The molecule has 1 fully saturated rings. The van der Waals surface area contributed by atoms with Crippen LogP contribution in [0.2, 0.25) is 0 Å². The molecule has 0 aliphatic carbocycles. The first-order valence-electron chi connectivity index (χ1n) is 7.52. The zero-order valence-electron chi connectivity index (χ0n) is 13.2. The fourth-order valence-corrected chi connectivity index (χ4v) is 2.81. The summed E-state index contributed by atoms with van der Waals surface area (Å²) in [4.78, 5) is 1.57. The SMILES string of the molecule is Cc1cccc(NC(=S)NCC(C)(C)[NH+]2CCOCC2)c1. The van der Waals surface area contributed by atoms with Gasteiger partial charge in [0.1, 0.15) is 18.6 Å². The van der Waals surface area contributed by atoms with Gasteiger partial charge in [-0.1, -0.05) is 12.1 Å². The van der Waals surface area contributed by atoms with Crippen LogP contribution in [-0.4, -0.2) is 43.5 Å². The molecule has 116 valence electrons. The Hall–Kier alpha value is -1.17. The van der Waals surface area contributed by atoms with Gasteiger partial charge in [0.15, 0.2) is 5.11 Å². The van der Waals surface area contributed by atoms with Gasteiger partial charge in [0.05, 0.1) is 19.8 Å². The molecule has 0 amide bonds. The summed E-state index contributed by atoms with van der Waals surface area (Å²) in [6.45, 7) is 11.3. The lowest BCUT2D eigenvalue weighted by molar-refractivity contribution is -0.954. The van der Waals surface area contributed by atoms with Gasteiger partial charge in [0, 0.05) is 5.69 Å². The van der Waals surface area contributed by atoms with Gasteiger partial charge in [-0.2, -0.15) is 0 Å². The number of ether oxygens (including phenoxy) is 1. The lowest BCUT2D eigenvalue weighted by atomic mass is 10.0. The van der Waals surface area contributed by atoms with E-state index in [2.05, 4.69) is 43.5 Å². The summed E-state index contributed by atoms with van der Waals surface area (Å²) in [6, 6.07) is 8.22. The second kappa shape index (κ2) is 7.20. The second-order valence-electron chi connectivity index (χ2n) is 6.28. The molecule has 0 unspecified atom stereocenters. The molecular formula is C16H26N3OS+. The topological polar surface area (TPSA) is 37.7 Å². The van der Waals surface area contributed by atoms with Gasteiger partial charge < -0.3 is 20.3 Å². The normalized spacial score (nSPS) is 16.5. The van der Waals surface area contributed by atoms with E-state index in [4.69, 9.17) is 17.0 Å². The monoisotopic (exact) mass is 308 g/mol. The van der Waals surface area contributed by atoms with Crippen LogP contribution in [-0.2, 0) is 4.74 Å². The molecule has 1 saturated heterocycles. The largest absolute Gasteiger partial charge is 0.370 e. The maximum Gasteiger partial charge on any atom is 0.171 e. The molecule has 1 heterocycles. The standard InChI is InChI=1S/C16H25N3OS/c1-13-5-4-6-14(11-13)18-15(21)17-12-16(2,3)19-7-9-20-10-8-19/h4-6,11H,7-10,12H2,1-3H3,(H2,17,18,21)/p+1. The number of hydrogen-bond acceptors (Lipinski definition) is 2. The Bertz CT molecular complexity index is 484. The average molecular weight is 308 g/mol. The first-order valence-corrected chi connectivity index (χ1v) is 7.93. The number of benzene rings is 1. The van der Waals surface area contributed by atoms with E-state index in [1.165, 1.54) is 5.56 Å². The van der Waals surface area contributed by atoms with E-state index in [0.717, 1.165) is 38.5 Å². The molecule has 0 spiro atoms. The Balaban J connectivity index is 1.82. The summed E-state index contributed by atoms with van der Waals surface area (Å²) in [5.74, 6) is 0. The molecule has 0 saturated carbocycles. The van der Waals surface area contributed by atoms with Crippen molar-refractivity contribution in [2.45, 2.75) is 26.3 Å².